The quantitative estimate of drug-likeness (QED) is 0.925. The van der Waals surface area contributed by atoms with Crippen molar-refractivity contribution in [2.24, 2.45) is 0 Å². The summed E-state index contributed by atoms with van der Waals surface area (Å²) >= 11 is 0. The summed E-state index contributed by atoms with van der Waals surface area (Å²) in [5.74, 6) is -0.679. The van der Waals surface area contributed by atoms with Gasteiger partial charge in [-0.15, -0.1) is 0 Å². The van der Waals surface area contributed by atoms with Crippen molar-refractivity contribution in [3.63, 3.8) is 0 Å². The van der Waals surface area contributed by atoms with Crippen LogP contribution in [0.1, 0.15) is 39.2 Å². The Morgan fingerprint density at radius 2 is 1.95 bits per heavy atom. The van der Waals surface area contributed by atoms with E-state index in [-0.39, 0.29) is 24.2 Å². The van der Waals surface area contributed by atoms with E-state index in [1.807, 2.05) is 13.8 Å². The van der Waals surface area contributed by atoms with Crippen LogP contribution in [0.25, 0.3) is 0 Å². The first-order chi connectivity index (χ1) is 9.92. The number of amides is 2. The number of carbonyl (C=O) groups excluding carboxylic acids is 2. The fourth-order valence-corrected chi connectivity index (χ4v) is 2.65. The molecular formula is C16H21FN2O2. The van der Waals surface area contributed by atoms with Crippen LogP contribution in [0.15, 0.2) is 24.3 Å². The Bertz CT molecular complexity index is 561. The largest absolute Gasteiger partial charge is 0.340 e. The van der Waals surface area contributed by atoms with Crippen LogP contribution < -0.4 is 5.32 Å². The lowest BCUT2D eigenvalue weighted by Crippen LogP contribution is -2.68. The van der Waals surface area contributed by atoms with Gasteiger partial charge >= 0.3 is 0 Å². The predicted octanol–water partition coefficient (Wildman–Crippen LogP) is 2.23. The molecule has 1 aromatic carbocycles. The Hall–Kier alpha value is -1.91. The summed E-state index contributed by atoms with van der Waals surface area (Å²) in [4.78, 5) is 26.4. The minimum Gasteiger partial charge on any atom is -0.340 e. The lowest BCUT2D eigenvalue weighted by Gasteiger charge is -2.44. The second-order valence-electron chi connectivity index (χ2n) is 5.62. The molecule has 1 aromatic rings. The summed E-state index contributed by atoms with van der Waals surface area (Å²) in [6.45, 7) is 5.53. The van der Waals surface area contributed by atoms with Crippen LogP contribution in [0.2, 0.25) is 0 Å². The third kappa shape index (κ3) is 2.77. The van der Waals surface area contributed by atoms with Crippen molar-refractivity contribution in [2.75, 3.05) is 0 Å². The van der Waals surface area contributed by atoms with E-state index in [4.69, 9.17) is 0 Å². The predicted molar refractivity (Wildman–Crippen MR) is 77.9 cm³/mol. The van der Waals surface area contributed by atoms with Crippen molar-refractivity contribution < 1.29 is 14.0 Å². The lowest BCUT2D eigenvalue weighted by molar-refractivity contribution is -0.155. The molecule has 5 heteroatoms. The topological polar surface area (TPSA) is 49.4 Å². The number of benzene rings is 1. The maximum Gasteiger partial charge on any atom is 0.249 e. The second-order valence-corrected chi connectivity index (χ2v) is 5.62. The molecular weight excluding hydrogens is 271 g/mol. The molecule has 1 heterocycles. The van der Waals surface area contributed by atoms with Gasteiger partial charge in [0.15, 0.2) is 0 Å². The molecule has 2 rings (SSSR count). The lowest BCUT2D eigenvalue weighted by atomic mass is 9.90. The zero-order valence-electron chi connectivity index (χ0n) is 12.6. The molecule has 2 atom stereocenters. The van der Waals surface area contributed by atoms with E-state index in [1.165, 1.54) is 11.0 Å². The maximum absolute atomic E-state index is 13.8. The Balaban J connectivity index is 2.34. The number of carbonyl (C=O) groups is 2. The van der Waals surface area contributed by atoms with E-state index < -0.39 is 11.6 Å². The minimum atomic E-state index is -0.909. The monoisotopic (exact) mass is 292 g/mol. The molecule has 21 heavy (non-hydrogen) atoms. The fraction of sp³-hybridized carbons (Fsp3) is 0.500. The maximum atomic E-state index is 13.8. The summed E-state index contributed by atoms with van der Waals surface area (Å²) in [6.07, 6.45) is 1.01. The highest BCUT2D eigenvalue weighted by Gasteiger charge is 2.46. The summed E-state index contributed by atoms with van der Waals surface area (Å²) in [5.41, 5.74) is -0.481. The fourth-order valence-electron chi connectivity index (χ4n) is 2.65. The van der Waals surface area contributed by atoms with Gasteiger partial charge < -0.3 is 10.2 Å². The number of hydrogen-bond acceptors (Lipinski definition) is 2. The van der Waals surface area contributed by atoms with E-state index in [2.05, 4.69) is 5.32 Å². The van der Waals surface area contributed by atoms with Crippen molar-refractivity contribution in [1.82, 2.24) is 10.2 Å². The molecule has 2 amide bonds. The van der Waals surface area contributed by atoms with Gasteiger partial charge in [-0.25, -0.2) is 4.39 Å². The highest BCUT2D eigenvalue weighted by atomic mass is 19.1. The average molecular weight is 292 g/mol. The van der Waals surface area contributed by atoms with Crippen LogP contribution in [0.4, 0.5) is 4.39 Å². The summed E-state index contributed by atoms with van der Waals surface area (Å²) in [5, 5.41) is 2.80. The highest BCUT2D eigenvalue weighted by molar-refractivity contribution is 5.99. The van der Waals surface area contributed by atoms with Gasteiger partial charge in [-0.05, 0) is 25.8 Å². The van der Waals surface area contributed by atoms with Crippen LogP contribution in [-0.2, 0) is 16.1 Å². The van der Waals surface area contributed by atoms with Crippen LogP contribution in [-0.4, -0.2) is 28.3 Å². The first-order valence-corrected chi connectivity index (χ1v) is 7.29. The molecule has 1 saturated heterocycles. The molecule has 114 valence electrons. The van der Waals surface area contributed by atoms with E-state index in [1.54, 1.807) is 25.1 Å². The van der Waals surface area contributed by atoms with E-state index in [0.717, 1.165) is 0 Å². The van der Waals surface area contributed by atoms with Crippen LogP contribution in [0.3, 0.4) is 0 Å². The molecule has 0 bridgehead atoms. The summed E-state index contributed by atoms with van der Waals surface area (Å²) in [6, 6.07) is 5.80. The summed E-state index contributed by atoms with van der Waals surface area (Å²) < 4.78 is 13.8. The Morgan fingerprint density at radius 3 is 2.52 bits per heavy atom. The number of halogens is 1. The first kappa shape index (κ1) is 15.5. The smallest absolute Gasteiger partial charge is 0.249 e. The molecule has 0 radical (unpaired) electrons. The zero-order chi connectivity index (χ0) is 15.6. The standard InChI is InChI=1S/C16H21FN2O2/c1-4-13-14(20)18-16(3,5-2)15(21)19(13)10-11-8-6-7-9-12(11)17/h6-9,13H,4-5,10H2,1-3H3,(H,18,20). The molecule has 1 aliphatic rings. The molecule has 4 nitrogen and oxygen atoms in total. The van der Waals surface area contributed by atoms with Crippen molar-refractivity contribution in [3.05, 3.63) is 35.6 Å². The summed E-state index contributed by atoms with van der Waals surface area (Å²) in [7, 11) is 0. The molecule has 0 aliphatic carbocycles. The van der Waals surface area contributed by atoms with Crippen LogP contribution in [0, 0.1) is 5.82 Å². The Labute approximate surface area is 124 Å². The minimum absolute atomic E-state index is 0.118. The van der Waals surface area contributed by atoms with Crippen LogP contribution in [0.5, 0.6) is 0 Å². The number of nitrogens with zero attached hydrogens (tertiary/aromatic N) is 1. The zero-order valence-corrected chi connectivity index (χ0v) is 12.6. The van der Waals surface area contributed by atoms with Gasteiger partial charge in [0.05, 0.1) is 0 Å². The van der Waals surface area contributed by atoms with Gasteiger partial charge in [-0.2, -0.15) is 0 Å². The van der Waals surface area contributed by atoms with E-state index >= 15 is 0 Å². The molecule has 0 saturated carbocycles. The third-order valence-corrected chi connectivity index (χ3v) is 4.20. The van der Waals surface area contributed by atoms with Crippen molar-refractivity contribution in [2.45, 2.75) is 51.7 Å². The normalized spacial score (nSPS) is 25.9. The van der Waals surface area contributed by atoms with Gasteiger partial charge in [0.25, 0.3) is 0 Å². The average Bonchev–Trinajstić information content (AvgIpc) is 2.47. The number of rotatable bonds is 4. The molecule has 2 unspecified atom stereocenters. The highest BCUT2D eigenvalue weighted by Crippen LogP contribution is 2.25. The van der Waals surface area contributed by atoms with Gasteiger partial charge in [0.2, 0.25) is 11.8 Å². The molecule has 1 N–H and O–H groups in total. The molecule has 0 aromatic heterocycles. The second kappa shape index (κ2) is 5.84. The van der Waals surface area contributed by atoms with Gasteiger partial charge in [0, 0.05) is 12.1 Å². The van der Waals surface area contributed by atoms with Gasteiger partial charge in [-0.3, -0.25) is 9.59 Å². The van der Waals surface area contributed by atoms with E-state index in [0.29, 0.717) is 18.4 Å². The SMILES string of the molecule is CCC1C(=O)NC(C)(CC)C(=O)N1Cc1ccccc1F. The third-order valence-electron chi connectivity index (χ3n) is 4.20. The molecule has 0 spiro atoms. The van der Waals surface area contributed by atoms with Crippen molar-refractivity contribution in [1.29, 1.82) is 0 Å². The number of piperazine rings is 1. The Morgan fingerprint density at radius 1 is 1.29 bits per heavy atom. The Kier molecular flexibility index (Phi) is 4.30. The molecule has 1 aliphatic heterocycles. The first-order valence-electron chi connectivity index (χ1n) is 7.29. The van der Waals surface area contributed by atoms with Crippen molar-refractivity contribution >= 4 is 11.8 Å². The number of hydrogen-bond donors (Lipinski definition) is 1. The van der Waals surface area contributed by atoms with Crippen molar-refractivity contribution in [3.8, 4) is 0 Å². The van der Waals surface area contributed by atoms with E-state index in [9.17, 15) is 14.0 Å². The van der Waals surface area contributed by atoms with Gasteiger partial charge in [0.1, 0.15) is 17.4 Å². The van der Waals surface area contributed by atoms with Gasteiger partial charge in [-0.1, -0.05) is 32.0 Å². The number of nitrogens with one attached hydrogen (secondary N) is 1. The van der Waals surface area contributed by atoms with Crippen LogP contribution >= 0.6 is 0 Å². The molecule has 1 fully saturated rings.